The number of allylic oxidation sites excluding steroid dienone is 2. The standard InChI is InChI=1S/C64H102O32/c1-23-34(70)47(92-56-44(80)48(37(73)29(19-65)89-56)93-54-41(77)38(74)46(24(2)88-54)91-52-39(75)35(71)27(67)20-85-52)43(79)55(87-23)94-49-42(78)50(51(82)83)95-57(45(49)81)90-33-12-13-60(5)30(61(33,6)22-66)11-14-62(7)31(60)10-9-25-26-17-59(3,4)15-16-64(26,32(69)18-63(25,62)8)58(84)96-53-40(76)36(72)28(68)21-86-53/h9,23-24,26-50,52-57,65-81H,10-22H2,1-8H3,(H,82,83). The number of esters is 1. The number of rotatable bonds is 15. The van der Waals surface area contributed by atoms with Crippen LogP contribution in [0.5, 0.6) is 0 Å². The number of carboxylic acid groups (broad SMARTS) is 1. The number of aliphatic carboxylic acids is 1. The molecule has 0 bridgehead atoms. The molecule has 6 heterocycles. The Labute approximate surface area is 554 Å². The molecular weight excluding hydrogens is 1280 g/mol. The first-order valence-corrected chi connectivity index (χ1v) is 33.6. The molecule has 5 aliphatic carbocycles. The van der Waals surface area contributed by atoms with Crippen molar-refractivity contribution in [3.8, 4) is 0 Å². The quantitative estimate of drug-likeness (QED) is 0.0415. The lowest BCUT2D eigenvalue weighted by molar-refractivity contribution is -0.392. The summed E-state index contributed by atoms with van der Waals surface area (Å²) in [7, 11) is 0. The van der Waals surface area contributed by atoms with E-state index in [1.807, 2.05) is 6.92 Å². The Morgan fingerprint density at radius 3 is 1.66 bits per heavy atom. The molecule has 550 valence electrons. The third-order valence-corrected chi connectivity index (χ3v) is 24.9. The zero-order valence-corrected chi connectivity index (χ0v) is 55.1. The number of carboxylic acids is 1. The fraction of sp³-hybridized carbons (Fsp3) is 0.938. The number of hydrogen-bond acceptors (Lipinski definition) is 31. The van der Waals surface area contributed by atoms with Gasteiger partial charge in [0.25, 0.3) is 0 Å². The van der Waals surface area contributed by atoms with Gasteiger partial charge in [-0.25, -0.2) is 4.79 Å². The number of aliphatic hydroxyl groups is 17. The molecule has 4 saturated carbocycles. The van der Waals surface area contributed by atoms with Gasteiger partial charge in [0.2, 0.25) is 6.29 Å². The molecule has 11 rings (SSSR count). The third-order valence-electron chi connectivity index (χ3n) is 24.9. The normalized spacial score (nSPS) is 55.1. The second kappa shape index (κ2) is 27.6. The molecule has 6 saturated heterocycles. The molecule has 96 heavy (non-hydrogen) atoms. The van der Waals surface area contributed by atoms with Crippen LogP contribution in [0.4, 0.5) is 0 Å². The minimum Gasteiger partial charge on any atom is -0.479 e. The van der Waals surface area contributed by atoms with Crippen molar-refractivity contribution in [3.05, 3.63) is 11.6 Å². The van der Waals surface area contributed by atoms with Crippen molar-refractivity contribution in [3.63, 3.8) is 0 Å². The average Bonchev–Trinajstić information content (AvgIpc) is 0.670. The Hall–Kier alpha value is -2.44. The minimum atomic E-state index is -2.19. The molecule has 11 aliphatic rings. The van der Waals surface area contributed by atoms with Crippen LogP contribution in [0.1, 0.15) is 113 Å². The summed E-state index contributed by atoms with van der Waals surface area (Å²) in [6.45, 7) is 13.2. The Morgan fingerprint density at radius 1 is 0.521 bits per heavy atom. The van der Waals surface area contributed by atoms with Crippen molar-refractivity contribution < 1.29 is 158 Å². The SMILES string of the molecule is CC1OC(OC2C(O)C(OC3CCC4(C)C(CCC5(C)C4CC=C4C6CC(C)(C)CCC6(C(=O)OC6OCC(O)C(O)C6O)C(O)CC45C)C3(C)CO)OC(C(=O)O)C2O)C(O)C(OC2OC(CO)C(O)C(OC3OC(C)C(OC4OCC(O)C(O)C4O)C(O)C3O)C2O)C1O. The molecular formula is C64H102O32. The van der Waals surface area contributed by atoms with Crippen LogP contribution in [0.25, 0.3) is 0 Å². The third kappa shape index (κ3) is 12.5. The van der Waals surface area contributed by atoms with Crippen LogP contribution in [-0.2, 0) is 66.4 Å². The molecule has 18 N–H and O–H groups in total. The van der Waals surface area contributed by atoms with E-state index >= 15 is 0 Å². The highest BCUT2D eigenvalue weighted by Crippen LogP contribution is 2.76. The van der Waals surface area contributed by atoms with E-state index < -0.39 is 249 Å². The summed E-state index contributed by atoms with van der Waals surface area (Å²) in [6, 6.07) is 0. The van der Waals surface area contributed by atoms with Crippen molar-refractivity contribution in [2.75, 3.05) is 26.4 Å². The van der Waals surface area contributed by atoms with Gasteiger partial charge in [0, 0.05) is 5.41 Å². The van der Waals surface area contributed by atoms with Gasteiger partial charge in [-0.3, -0.25) is 4.79 Å². The molecule has 38 unspecified atom stereocenters. The van der Waals surface area contributed by atoms with Crippen molar-refractivity contribution in [1.29, 1.82) is 0 Å². The van der Waals surface area contributed by atoms with Gasteiger partial charge in [-0.15, -0.1) is 0 Å². The molecule has 32 heteroatoms. The number of carbonyl (C=O) groups excluding carboxylic acids is 1. The fourth-order valence-electron chi connectivity index (χ4n) is 18.9. The second-order valence-electron chi connectivity index (χ2n) is 30.9. The summed E-state index contributed by atoms with van der Waals surface area (Å²) >= 11 is 0. The number of carbonyl (C=O) groups is 2. The van der Waals surface area contributed by atoms with Gasteiger partial charge < -0.3 is 149 Å². The zero-order chi connectivity index (χ0) is 70.2. The number of fused-ring (bicyclic) bond motifs is 7. The molecule has 0 aromatic carbocycles. The second-order valence-corrected chi connectivity index (χ2v) is 30.9. The number of ether oxygens (including phenoxy) is 12. The predicted molar refractivity (Wildman–Crippen MR) is 317 cm³/mol. The molecule has 0 aromatic rings. The molecule has 6 aliphatic heterocycles. The average molecular weight is 1380 g/mol. The summed E-state index contributed by atoms with van der Waals surface area (Å²) in [4.78, 5) is 27.7. The highest BCUT2D eigenvalue weighted by molar-refractivity contribution is 5.80. The van der Waals surface area contributed by atoms with Crippen LogP contribution in [-0.4, -0.2) is 315 Å². The first-order chi connectivity index (χ1) is 44.9. The van der Waals surface area contributed by atoms with Crippen molar-refractivity contribution >= 4 is 11.9 Å². The summed E-state index contributed by atoms with van der Waals surface area (Å²) < 4.78 is 70.1. The van der Waals surface area contributed by atoms with Gasteiger partial charge in [-0.05, 0) is 111 Å². The van der Waals surface area contributed by atoms with Gasteiger partial charge in [0.1, 0.15) is 121 Å². The zero-order valence-electron chi connectivity index (χ0n) is 55.1. The van der Waals surface area contributed by atoms with Gasteiger partial charge in [-0.1, -0.05) is 53.2 Å². The first kappa shape index (κ1) is 74.7. The summed E-state index contributed by atoms with van der Waals surface area (Å²) in [5, 5.41) is 200. The Balaban J connectivity index is 0.778. The highest BCUT2D eigenvalue weighted by Gasteiger charge is 2.73. The van der Waals surface area contributed by atoms with Gasteiger partial charge >= 0.3 is 11.9 Å². The topological polar surface area (TPSA) is 509 Å². The van der Waals surface area contributed by atoms with Crippen LogP contribution >= 0.6 is 0 Å². The van der Waals surface area contributed by atoms with Crippen LogP contribution in [0.3, 0.4) is 0 Å². The van der Waals surface area contributed by atoms with Crippen LogP contribution in [0.2, 0.25) is 0 Å². The van der Waals surface area contributed by atoms with Crippen molar-refractivity contribution in [1.82, 2.24) is 0 Å². The Morgan fingerprint density at radius 2 is 1.05 bits per heavy atom. The summed E-state index contributed by atoms with van der Waals surface area (Å²) in [5.41, 5.74) is -3.42. The maximum absolute atomic E-state index is 14.8. The smallest absolute Gasteiger partial charge is 0.335 e. The molecule has 0 spiro atoms. The van der Waals surface area contributed by atoms with E-state index in [-0.39, 0.29) is 43.1 Å². The van der Waals surface area contributed by atoms with E-state index in [2.05, 4.69) is 40.7 Å². The van der Waals surface area contributed by atoms with Crippen LogP contribution in [0.15, 0.2) is 11.6 Å². The van der Waals surface area contributed by atoms with E-state index in [0.717, 1.165) is 5.57 Å². The largest absolute Gasteiger partial charge is 0.479 e. The molecule has 0 amide bonds. The Kier molecular flexibility index (Phi) is 21.5. The van der Waals surface area contributed by atoms with E-state index in [9.17, 15) is 102 Å². The van der Waals surface area contributed by atoms with Crippen LogP contribution < -0.4 is 0 Å². The van der Waals surface area contributed by atoms with Crippen molar-refractivity contribution in [2.24, 2.45) is 50.2 Å². The highest BCUT2D eigenvalue weighted by atomic mass is 16.8. The molecule has 0 aromatic heterocycles. The fourth-order valence-corrected chi connectivity index (χ4v) is 18.9. The molecule has 0 radical (unpaired) electrons. The number of aliphatic hydroxyl groups excluding tert-OH is 17. The lowest BCUT2D eigenvalue weighted by Crippen LogP contribution is -2.69. The van der Waals surface area contributed by atoms with Crippen LogP contribution in [0, 0.1) is 50.2 Å². The maximum atomic E-state index is 14.8. The number of hydrogen-bond donors (Lipinski definition) is 18. The summed E-state index contributed by atoms with van der Waals surface area (Å²) in [6.07, 6.45) is -46.0. The predicted octanol–water partition coefficient (Wildman–Crippen LogP) is -5.02. The van der Waals surface area contributed by atoms with Gasteiger partial charge in [0.15, 0.2) is 37.6 Å². The van der Waals surface area contributed by atoms with E-state index in [1.165, 1.54) is 13.8 Å². The van der Waals surface area contributed by atoms with E-state index in [1.54, 1.807) is 0 Å². The van der Waals surface area contributed by atoms with Crippen molar-refractivity contribution in [2.45, 2.75) is 297 Å². The molecule has 32 nitrogen and oxygen atoms in total. The van der Waals surface area contributed by atoms with E-state index in [4.69, 9.17) is 56.8 Å². The Bertz CT molecular complexity index is 2770. The first-order valence-electron chi connectivity index (χ1n) is 33.6. The monoisotopic (exact) mass is 1380 g/mol. The lowest BCUT2D eigenvalue weighted by atomic mass is 9.33. The molecule has 38 atom stereocenters. The lowest BCUT2D eigenvalue weighted by Gasteiger charge is -2.72. The van der Waals surface area contributed by atoms with Gasteiger partial charge in [-0.2, -0.15) is 0 Å². The summed E-state index contributed by atoms with van der Waals surface area (Å²) in [5.74, 6) is -3.28. The van der Waals surface area contributed by atoms with Gasteiger partial charge in [0.05, 0.1) is 50.8 Å². The minimum absolute atomic E-state index is 0.0663. The van der Waals surface area contributed by atoms with E-state index in [0.29, 0.717) is 38.5 Å². The molecule has 10 fully saturated rings. The maximum Gasteiger partial charge on any atom is 0.335 e.